The van der Waals surface area contributed by atoms with E-state index >= 15 is 0 Å². The van der Waals surface area contributed by atoms with Crippen molar-refractivity contribution < 1.29 is 23.5 Å². The predicted octanol–water partition coefficient (Wildman–Crippen LogP) is 3.91. The van der Waals surface area contributed by atoms with E-state index in [2.05, 4.69) is 5.32 Å². The van der Waals surface area contributed by atoms with Crippen LogP contribution in [0.25, 0.3) is 6.08 Å². The molecule has 1 aliphatic heterocycles. The monoisotopic (exact) mass is 398 g/mol. The van der Waals surface area contributed by atoms with E-state index in [1.807, 2.05) is 6.92 Å². The highest BCUT2D eigenvalue weighted by Crippen LogP contribution is 2.30. The molecule has 0 radical (unpaired) electrons. The van der Waals surface area contributed by atoms with Gasteiger partial charge in [0, 0.05) is 5.69 Å². The molecule has 28 heavy (non-hydrogen) atoms. The Morgan fingerprint density at radius 2 is 2.04 bits per heavy atom. The average Bonchev–Trinajstić information content (AvgIpc) is 3.28. The minimum absolute atomic E-state index is 0.252. The van der Waals surface area contributed by atoms with Crippen LogP contribution in [0.3, 0.4) is 0 Å². The van der Waals surface area contributed by atoms with Crippen LogP contribution in [-0.4, -0.2) is 35.1 Å². The smallest absolute Gasteiger partial charge is 0.294 e. The summed E-state index contributed by atoms with van der Waals surface area (Å²) in [6.45, 7) is 2.08. The zero-order valence-electron chi connectivity index (χ0n) is 15.1. The molecule has 144 valence electrons. The van der Waals surface area contributed by atoms with Gasteiger partial charge in [-0.25, -0.2) is 0 Å². The Morgan fingerprint density at radius 3 is 2.71 bits per heavy atom. The van der Waals surface area contributed by atoms with E-state index < -0.39 is 17.1 Å². The van der Waals surface area contributed by atoms with E-state index in [-0.39, 0.29) is 11.4 Å². The van der Waals surface area contributed by atoms with Gasteiger partial charge in [-0.3, -0.25) is 19.3 Å². The molecule has 1 aliphatic rings. The number of carbonyl (C=O) groups excluding carboxylic acids is 3. The average molecular weight is 398 g/mol. The van der Waals surface area contributed by atoms with Crippen molar-refractivity contribution in [2.45, 2.75) is 6.92 Å². The van der Waals surface area contributed by atoms with Crippen LogP contribution >= 0.6 is 11.8 Å². The van der Waals surface area contributed by atoms with Crippen molar-refractivity contribution in [1.82, 2.24) is 4.90 Å². The summed E-state index contributed by atoms with van der Waals surface area (Å²) < 4.78 is 10.5. The number of carbonyl (C=O) groups is 3. The van der Waals surface area contributed by atoms with E-state index in [0.717, 1.165) is 16.7 Å². The Labute approximate surface area is 166 Å². The quantitative estimate of drug-likeness (QED) is 0.712. The molecule has 3 amide bonds. The second kappa shape index (κ2) is 9.09. The van der Waals surface area contributed by atoms with Crippen LogP contribution in [0.5, 0.6) is 5.75 Å². The minimum atomic E-state index is -0.499. The first-order valence-electron chi connectivity index (χ1n) is 8.55. The number of allylic oxidation sites excluding steroid dienone is 2. The lowest BCUT2D eigenvalue weighted by Crippen LogP contribution is -2.36. The number of imide groups is 1. The van der Waals surface area contributed by atoms with Crippen molar-refractivity contribution in [3.05, 3.63) is 65.5 Å². The molecule has 2 aromatic rings. The largest absolute Gasteiger partial charge is 0.494 e. The minimum Gasteiger partial charge on any atom is -0.494 e. The van der Waals surface area contributed by atoms with Gasteiger partial charge in [0.1, 0.15) is 18.1 Å². The number of hydrogen-bond donors (Lipinski definition) is 1. The number of nitrogens with zero attached hydrogens (tertiary/aromatic N) is 1. The van der Waals surface area contributed by atoms with Gasteiger partial charge in [0.15, 0.2) is 0 Å². The van der Waals surface area contributed by atoms with Gasteiger partial charge in [-0.05, 0) is 67.2 Å². The van der Waals surface area contributed by atoms with Crippen LogP contribution in [0, 0.1) is 0 Å². The van der Waals surface area contributed by atoms with Gasteiger partial charge in [0.05, 0.1) is 17.8 Å². The third kappa shape index (κ3) is 4.92. The van der Waals surface area contributed by atoms with Crippen molar-refractivity contribution in [2.24, 2.45) is 0 Å². The van der Waals surface area contributed by atoms with Gasteiger partial charge in [0.25, 0.3) is 11.1 Å². The fourth-order valence-electron chi connectivity index (χ4n) is 2.41. The molecular formula is C20H18N2O5S. The van der Waals surface area contributed by atoms with Crippen molar-refractivity contribution in [1.29, 1.82) is 0 Å². The molecule has 0 aliphatic carbocycles. The number of thioether (sulfide) groups is 1. The third-order valence-corrected chi connectivity index (χ3v) is 4.60. The fourth-order valence-corrected chi connectivity index (χ4v) is 3.20. The highest BCUT2D eigenvalue weighted by molar-refractivity contribution is 8.18. The lowest BCUT2D eigenvalue weighted by atomic mass is 10.3. The molecule has 0 unspecified atom stereocenters. The lowest BCUT2D eigenvalue weighted by Gasteiger charge is -2.12. The van der Waals surface area contributed by atoms with Crippen molar-refractivity contribution in [2.75, 3.05) is 18.5 Å². The van der Waals surface area contributed by atoms with Crippen molar-refractivity contribution in [3.63, 3.8) is 0 Å². The summed E-state index contributed by atoms with van der Waals surface area (Å²) in [5, 5.41) is 2.18. The van der Waals surface area contributed by atoms with E-state index in [1.54, 1.807) is 48.6 Å². The number of nitrogens with one attached hydrogen (secondary N) is 1. The molecule has 1 aromatic carbocycles. The molecule has 1 aromatic heterocycles. The predicted molar refractivity (Wildman–Crippen MR) is 107 cm³/mol. The van der Waals surface area contributed by atoms with E-state index in [1.165, 1.54) is 12.3 Å². The summed E-state index contributed by atoms with van der Waals surface area (Å²) in [5.74, 6) is 0.365. The normalized spacial score (nSPS) is 15.6. The van der Waals surface area contributed by atoms with Crippen LogP contribution in [0.4, 0.5) is 10.5 Å². The summed E-state index contributed by atoms with van der Waals surface area (Å²) in [4.78, 5) is 37.8. The summed E-state index contributed by atoms with van der Waals surface area (Å²) in [6.07, 6.45) is 6.36. The number of anilines is 1. The lowest BCUT2D eigenvalue weighted by molar-refractivity contribution is -0.127. The van der Waals surface area contributed by atoms with Crippen LogP contribution < -0.4 is 10.1 Å². The van der Waals surface area contributed by atoms with Gasteiger partial charge in [-0.15, -0.1) is 0 Å². The SMILES string of the molecule is CCOc1ccc(NC(=O)CN2C(=O)S/C(=C/C=C/c3ccco3)C2=O)cc1. The van der Waals surface area contributed by atoms with E-state index in [0.29, 0.717) is 23.8 Å². The summed E-state index contributed by atoms with van der Waals surface area (Å²) in [5.41, 5.74) is 0.553. The number of amides is 3. The number of rotatable bonds is 7. The van der Waals surface area contributed by atoms with E-state index in [9.17, 15) is 14.4 Å². The van der Waals surface area contributed by atoms with Crippen LogP contribution in [-0.2, 0) is 9.59 Å². The summed E-state index contributed by atoms with van der Waals surface area (Å²) in [6, 6.07) is 10.4. The second-order valence-electron chi connectivity index (χ2n) is 5.67. The molecule has 0 spiro atoms. The van der Waals surface area contributed by atoms with Crippen LogP contribution in [0.1, 0.15) is 12.7 Å². The van der Waals surface area contributed by atoms with Gasteiger partial charge in [-0.2, -0.15) is 0 Å². The second-order valence-corrected chi connectivity index (χ2v) is 6.66. The zero-order valence-corrected chi connectivity index (χ0v) is 15.9. The third-order valence-electron chi connectivity index (χ3n) is 3.68. The van der Waals surface area contributed by atoms with Gasteiger partial charge in [-0.1, -0.05) is 6.08 Å². The highest BCUT2D eigenvalue weighted by atomic mass is 32.2. The molecule has 0 bridgehead atoms. The van der Waals surface area contributed by atoms with Gasteiger partial charge in [0.2, 0.25) is 5.91 Å². The molecule has 8 heteroatoms. The molecule has 2 heterocycles. The molecule has 0 saturated carbocycles. The van der Waals surface area contributed by atoms with Crippen molar-refractivity contribution >= 4 is 40.6 Å². The van der Waals surface area contributed by atoms with Crippen LogP contribution in [0.2, 0.25) is 0 Å². The molecular weight excluding hydrogens is 380 g/mol. The fraction of sp³-hybridized carbons (Fsp3) is 0.150. The molecule has 7 nitrogen and oxygen atoms in total. The maximum Gasteiger partial charge on any atom is 0.294 e. The Hall–Kier alpha value is -3.26. The number of benzene rings is 1. The Morgan fingerprint density at radius 1 is 1.25 bits per heavy atom. The maximum absolute atomic E-state index is 12.4. The number of ether oxygens (including phenoxy) is 1. The molecule has 1 fully saturated rings. The van der Waals surface area contributed by atoms with Crippen LogP contribution in [0.15, 0.2) is 64.1 Å². The first-order valence-corrected chi connectivity index (χ1v) is 9.36. The van der Waals surface area contributed by atoms with E-state index in [4.69, 9.17) is 9.15 Å². The van der Waals surface area contributed by atoms with Crippen molar-refractivity contribution in [3.8, 4) is 5.75 Å². The Kier molecular flexibility index (Phi) is 6.33. The topological polar surface area (TPSA) is 88.8 Å². The molecule has 0 atom stereocenters. The maximum atomic E-state index is 12.4. The standard InChI is InChI=1S/C20H18N2O5S/c1-2-26-16-10-8-14(9-11-16)21-18(23)13-22-19(24)17(28-20(22)25)7-3-5-15-6-4-12-27-15/h3-12H,2,13H2,1H3,(H,21,23)/b5-3+,17-7+. The summed E-state index contributed by atoms with van der Waals surface area (Å²) in [7, 11) is 0. The Balaban J connectivity index is 1.58. The number of hydrogen-bond acceptors (Lipinski definition) is 6. The summed E-state index contributed by atoms with van der Waals surface area (Å²) >= 11 is 0.795. The molecule has 1 N–H and O–H groups in total. The Bertz CT molecular complexity index is 917. The first-order chi connectivity index (χ1) is 13.6. The first kappa shape index (κ1) is 19.5. The molecule has 1 saturated heterocycles. The van der Waals surface area contributed by atoms with Gasteiger partial charge >= 0.3 is 0 Å². The number of furan rings is 1. The van der Waals surface area contributed by atoms with Gasteiger partial charge < -0.3 is 14.5 Å². The molecule has 3 rings (SSSR count). The zero-order chi connectivity index (χ0) is 19.9. The highest BCUT2D eigenvalue weighted by Gasteiger charge is 2.35.